The highest BCUT2D eigenvalue weighted by atomic mass is 35.5. The minimum atomic E-state index is 0.222. The van der Waals surface area contributed by atoms with Crippen LogP contribution in [0.1, 0.15) is 56.7 Å². The third-order valence-corrected chi connectivity index (χ3v) is 4.90. The van der Waals surface area contributed by atoms with E-state index in [1.165, 1.54) is 37.7 Å². The van der Waals surface area contributed by atoms with Crippen LogP contribution in [-0.4, -0.2) is 5.38 Å². The molecule has 0 bridgehead atoms. The van der Waals surface area contributed by atoms with Crippen LogP contribution in [0.4, 0.5) is 0 Å². The van der Waals surface area contributed by atoms with E-state index >= 15 is 0 Å². The second-order valence-corrected chi connectivity index (χ2v) is 7.21. The van der Waals surface area contributed by atoms with Crippen LogP contribution in [0.3, 0.4) is 0 Å². The maximum Gasteiger partial charge on any atom is 0.0384 e. The molecule has 1 unspecified atom stereocenters. The van der Waals surface area contributed by atoms with Crippen molar-refractivity contribution in [3.8, 4) is 0 Å². The fraction of sp³-hybridized carbons (Fsp3) is 0.647. The Morgan fingerprint density at radius 2 is 1.89 bits per heavy atom. The van der Waals surface area contributed by atoms with Gasteiger partial charge in [-0.3, -0.25) is 0 Å². The molecule has 0 nitrogen and oxygen atoms in total. The summed E-state index contributed by atoms with van der Waals surface area (Å²) < 4.78 is 0. The van der Waals surface area contributed by atoms with Crippen LogP contribution in [0.2, 0.25) is 0 Å². The second-order valence-electron chi connectivity index (χ2n) is 6.68. The number of aryl methyl sites for hydroxylation is 3. The van der Waals surface area contributed by atoms with Gasteiger partial charge in [0.15, 0.2) is 0 Å². The molecule has 0 saturated carbocycles. The Bertz CT molecular complexity index is 401. The number of hydrogen-bond donors (Lipinski definition) is 0. The molecule has 0 heterocycles. The Balaban J connectivity index is 1.84. The highest BCUT2D eigenvalue weighted by Gasteiger charge is 2.21. The quantitative estimate of drug-likeness (QED) is 0.660. The van der Waals surface area contributed by atoms with Crippen molar-refractivity contribution in [1.82, 2.24) is 0 Å². The third kappa shape index (κ3) is 3.51. The zero-order valence-electron chi connectivity index (χ0n) is 11.9. The van der Waals surface area contributed by atoms with Crippen molar-refractivity contribution >= 4 is 11.6 Å². The summed E-state index contributed by atoms with van der Waals surface area (Å²) in [5.41, 5.74) is 4.88. The fourth-order valence-corrected chi connectivity index (χ4v) is 2.85. The van der Waals surface area contributed by atoms with Gasteiger partial charge in [0.1, 0.15) is 0 Å². The van der Waals surface area contributed by atoms with E-state index in [4.69, 9.17) is 11.6 Å². The topological polar surface area (TPSA) is 0 Å². The molecule has 18 heavy (non-hydrogen) atoms. The van der Waals surface area contributed by atoms with Gasteiger partial charge in [-0.1, -0.05) is 39.0 Å². The van der Waals surface area contributed by atoms with Crippen molar-refractivity contribution in [2.45, 2.75) is 64.7 Å². The monoisotopic (exact) mass is 264 g/mol. The van der Waals surface area contributed by atoms with E-state index in [0.717, 1.165) is 6.42 Å². The van der Waals surface area contributed by atoms with Crippen molar-refractivity contribution in [1.29, 1.82) is 0 Å². The van der Waals surface area contributed by atoms with Gasteiger partial charge in [-0.2, -0.15) is 0 Å². The maximum absolute atomic E-state index is 6.42. The van der Waals surface area contributed by atoms with E-state index in [0.29, 0.717) is 0 Å². The summed E-state index contributed by atoms with van der Waals surface area (Å²) in [6, 6.07) is 7.06. The van der Waals surface area contributed by atoms with Crippen molar-refractivity contribution in [2.24, 2.45) is 5.41 Å². The van der Waals surface area contributed by atoms with E-state index in [2.05, 4.69) is 39.0 Å². The highest BCUT2D eigenvalue weighted by Crippen LogP contribution is 2.29. The number of hydrogen-bond acceptors (Lipinski definition) is 0. The Morgan fingerprint density at radius 3 is 2.61 bits per heavy atom. The van der Waals surface area contributed by atoms with Crippen LogP contribution >= 0.6 is 11.6 Å². The molecule has 0 N–H and O–H groups in total. The van der Waals surface area contributed by atoms with Gasteiger partial charge in [0.2, 0.25) is 0 Å². The third-order valence-electron chi connectivity index (χ3n) is 4.03. The maximum atomic E-state index is 6.42. The van der Waals surface area contributed by atoms with Crippen molar-refractivity contribution < 1.29 is 0 Å². The molecule has 1 heteroatoms. The summed E-state index contributed by atoms with van der Waals surface area (Å²) in [6.07, 6.45) is 7.39. The first-order valence-electron chi connectivity index (χ1n) is 7.21. The molecule has 0 aromatic heterocycles. The molecule has 1 aromatic rings. The smallest absolute Gasteiger partial charge is 0.0384 e. The van der Waals surface area contributed by atoms with E-state index in [1.807, 2.05) is 0 Å². The standard InChI is InChI=1S/C17H25Cl/c1-17(2,3)16(18)9-4-6-13-10-11-14-7-5-8-15(14)12-13/h10-12,16H,4-9H2,1-3H3. The lowest BCUT2D eigenvalue weighted by molar-refractivity contribution is 0.369. The Labute approximate surface area is 117 Å². The van der Waals surface area contributed by atoms with Crippen LogP contribution in [0, 0.1) is 5.41 Å². The minimum absolute atomic E-state index is 0.222. The Hall–Kier alpha value is -0.490. The summed E-state index contributed by atoms with van der Waals surface area (Å²) in [7, 11) is 0. The van der Waals surface area contributed by atoms with Gasteiger partial charge >= 0.3 is 0 Å². The largest absolute Gasteiger partial charge is 0.122 e. The molecule has 1 atom stereocenters. The molecule has 0 fully saturated rings. The van der Waals surface area contributed by atoms with Gasteiger partial charge in [0.25, 0.3) is 0 Å². The van der Waals surface area contributed by atoms with E-state index < -0.39 is 0 Å². The molecule has 0 radical (unpaired) electrons. The van der Waals surface area contributed by atoms with Gasteiger partial charge in [-0.15, -0.1) is 11.6 Å². The van der Waals surface area contributed by atoms with E-state index in [1.54, 1.807) is 11.1 Å². The van der Waals surface area contributed by atoms with Gasteiger partial charge in [-0.25, -0.2) is 0 Å². The van der Waals surface area contributed by atoms with Gasteiger partial charge in [0.05, 0.1) is 0 Å². The van der Waals surface area contributed by atoms with Crippen LogP contribution < -0.4 is 0 Å². The van der Waals surface area contributed by atoms with Crippen LogP contribution in [0.25, 0.3) is 0 Å². The first-order chi connectivity index (χ1) is 8.47. The van der Waals surface area contributed by atoms with E-state index in [9.17, 15) is 0 Å². The second kappa shape index (κ2) is 5.65. The average molecular weight is 265 g/mol. The van der Waals surface area contributed by atoms with Gasteiger partial charge in [-0.05, 0) is 60.6 Å². The summed E-state index contributed by atoms with van der Waals surface area (Å²) in [4.78, 5) is 0. The normalized spacial score (nSPS) is 16.7. The minimum Gasteiger partial charge on any atom is -0.122 e. The zero-order chi connectivity index (χ0) is 13.2. The zero-order valence-corrected chi connectivity index (χ0v) is 12.7. The van der Waals surface area contributed by atoms with Gasteiger partial charge in [0, 0.05) is 5.38 Å². The summed E-state index contributed by atoms with van der Waals surface area (Å²) in [5.74, 6) is 0. The fourth-order valence-electron chi connectivity index (χ4n) is 2.70. The number of benzene rings is 1. The Morgan fingerprint density at radius 1 is 1.17 bits per heavy atom. The van der Waals surface area contributed by atoms with Crippen molar-refractivity contribution in [3.05, 3.63) is 34.9 Å². The number of fused-ring (bicyclic) bond motifs is 1. The first kappa shape index (κ1) is 13.9. The first-order valence-corrected chi connectivity index (χ1v) is 7.65. The van der Waals surface area contributed by atoms with Crippen molar-refractivity contribution in [2.75, 3.05) is 0 Å². The molecule has 100 valence electrons. The molecule has 0 aliphatic heterocycles. The number of rotatable bonds is 4. The molecule has 0 amide bonds. The highest BCUT2D eigenvalue weighted by molar-refractivity contribution is 6.21. The predicted octanol–water partition coefficient (Wildman–Crippen LogP) is 5.15. The van der Waals surface area contributed by atoms with Crippen LogP contribution in [0.5, 0.6) is 0 Å². The average Bonchev–Trinajstić information content (AvgIpc) is 2.74. The van der Waals surface area contributed by atoms with Crippen molar-refractivity contribution in [3.63, 3.8) is 0 Å². The lowest BCUT2D eigenvalue weighted by Crippen LogP contribution is -2.20. The molecule has 0 spiro atoms. The molecular weight excluding hydrogens is 240 g/mol. The summed E-state index contributed by atoms with van der Waals surface area (Å²) in [5, 5.41) is 0.284. The summed E-state index contributed by atoms with van der Waals surface area (Å²) in [6.45, 7) is 6.67. The van der Waals surface area contributed by atoms with Gasteiger partial charge < -0.3 is 0 Å². The molecule has 0 saturated heterocycles. The van der Waals surface area contributed by atoms with E-state index in [-0.39, 0.29) is 10.8 Å². The molecular formula is C17H25Cl. The lowest BCUT2D eigenvalue weighted by Gasteiger charge is -2.25. The van der Waals surface area contributed by atoms with Crippen LogP contribution in [0.15, 0.2) is 18.2 Å². The molecule has 1 aromatic carbocycles. The predicted molar refractivity (Wildman–Crippen MR) is 80.5 cm³/mol. The van der Waals surface area contributed by atoms with Crippen LogP contribution in [-0.2, 0) is 19.3 Å². The Kier molecular flexibility index (Phi) is 4.37. The number of halogens is 1. The molecule has 2 rings (SSSR count). The number of alkyl halides is 1. The summed E-state index contributed by atoms with van der Waals surface area (Å²) >= 11 is 6.42. The molecule has 1 aliphatic carbocycles. The SMILES string of the molecule is CC(C)(C)C(Cl)CCCc1ccc2c(c1)CCC2. The lowest BCUT2D eigenvalue weighted by atomic mass is 9.88. The molecule has 1 aliphatic rings.